The van der Waals surface area contributed by atoms with E-state index < -0.39 is 0 Å². The first-order chi connectivity index (χ1) is 12.4. The van der Waals surface area contributed by atoms with Crippen molar-refractivity contribution in [2.24, 2.45) is 0 Å². The van der Waals surface area contributed by atoms with Crippen molar-refractivity contribution in [3.63, 3.8) is 0 Å². The summed E-state index contributed by atoms with van der Waals surface area (Å²) >= 11 is 0. The van der Waals surface area contributed by atoms with Gasteiger partial charge in [0, 0.05) is 12.6 Å². The van der Waals surface area contributed by atoms with E-state index >= 15 is 0 Å². The SMILES string of the molecule is Cc1cccc(OCCN(C)C(=O)CNC(=O)c2ccc(C)c(C)c2)c1. The minimum absolute atomic E-state index is 0.0350. The summed E-state index contributed by atoms with van der Waals surface area (Å²) in [5.74, 6) is 0.384. The van der Waals surface area contributed by atoms with Gasteiger partial charge in [-0.3, -0.25) is 9.59 Å². The Kier molecular flexibility index (Phi) is 6.78. The van der Waals surface area contributed by atoms with Crippen molar-refractivity contribution in [2.75, 3.05) is 26.7 Å². The van der Waals surface area contributed by atoms with E-state index in [0.29, 0.717) is 18.7 Å². The fourth-order valence-corrected chi connectivity index (χ4v) is 2.41. The van der Waals surface area contributed by atoms with Gasteiger partial charge in [-0.15, -0.1) is 0 Å². The lowest BCUT2D eigenvalue weighted by molar-refractivity contribution is -0.129. The lowest BCUT2D eigenvalue weighted by atomic mass is 10.1. The van der Waals surface area contributed by atoms with Crippen LogP contribution in [0.1, 0.15) is 27.0 Å². The lowest BCUT2D eigenvalue weighted by Crippen LogP contribution is -2.39. The summed E-state index contributed by atoms with van der Waals surface area (Å²) in [7, 11) is 1.70. The highest BCUT2D eigenvalue weighted by Crippen LogP contribution is 2.12. The van der Waals surface area contributed by atoms with Gasteiger partial charge in [0.15, 0.2) is 0 Å². The van der Waals surface area contributed by atoms with Gasteiger partial charge >= 0.3 is 0 Å². The molecule has 1 N–H and O–H groups in total. The van der Waals surface area contributed by atoms with Gasteiger partial charge in [-0.1, -0.05) is 18.2 Å². The number of likely N-dealkylation sites (N-methyl/N-ethyl adjacent to an activating group) is 1. The van der Waals surface area contributed by atoms with Gasteiger partial charge in [-0.25, -0.2) is 0 Å². The third-order valence-corrected chi connectivity index (χ3v) is 4.28. The number of hydrogen-bond donors (Lipinski definition) is 1. The highest BCUT2D eigenvalue weighted by Gasteiger charge is 2.12. The van der Waals surface area contributed by atoms with Gasteiger partial charge < -0.3 is 15.0 Å². The maximum Gasteiger partial charge on any atom is 0.251 e. The fourth-order valence-electron chi connectivity index (χ4n) is 2.41. The van der Waals surface area contributed by atoms with Crippen molar-refractivity contribution in [1.29, 1.82) is 0 Å². The first kappa shape index (κ1) is 19.5. The highest BCUT2D eigenvalue weighted by atomic mass is 16.5. The maximum absolute atomic E-state index is 12.2. The summed E-state index contributed by atoms with van der Waals surface area (Å²) in [5.41, 5.74) is 3.87. The molecule has 0 bridgehead atoms. The van der Waals surface area contributed by atoms with Crippen LogP contribution in [0.25, 0.3) is 0 Å². The van der Waals surface area contributed by atoms with E-state index in [-0.39, 0.29) is 18.4 Å². The number of rotatable bonds is 7. The van der Waals surface area contributed by atoms with Crippen molar-refractivity contribution in [3.05, 3.63) is 64.7 Å². The van der Waals surface area contributed by atoms with E-state index in [0.717, 1.165) is 22.4 Å². The molecule has 0 atom stereocenters. The molecule has 2 aromatic rings. The second-order valence-electron chi connectivity index (χ2n) is 6.46. The molecule has 0 spiro atoms. The topological polar surface area (TPSA) is 58.6 Å². The lowest BCUT2D eigenvalue weighted by Gasteiger charge is -2.18. The fraction of sp³-hybridized carbons (Fsp3) is 0.333. The summed E-state index contributed by atoms with van der Waals surface area (Å²) in [6.45, 7) is 6.77. The van der Waals surface area contributed by atoms with Crippen LogP contribution in [0.15, 0.2) is 42.5 Å². The first-order valence-electron chi connectivity index (χ1n) is 8.65. The Morgan fingerprint density at radius 3 is 2.50 bits per heavy atom. The van der Waals surface area contributed by atoms with Crippen molar-refractivity contribution in [2.45, 2.75) is 20.8 Å². The second kappa shape index (κ2) is 9.04. The molecule has 0 fully saturated rings. The van der Waals surface area contributed by atoms with E-state index in [1.165, 1.54) is 0 Å². The zero-order chi connectivity index (χ0) is 19.1. The van der Waals surface area contributed by atoms with E-state index in [2.05, 4.69) is 5.32 Å². The largest absolute Gasteiger partial charge is 0.492 e. The average Bonchev–Trinajstić information content (AvgIpc) is 2.61. The van der Waals surface area contributed by atoms with Crippen LogP contribution in [-0.4, -0.2) is 43.5 Å². The maximum atomic E-state index is 12.2. The molecule has 2 amide bonds. The molecular weight excluding hydrogens is 328 g/mol. The standard InChI is InChI=1S/C21H26N2O3/c1-15-6-5-7-19(12-15)26-11-10-23(4)20(24)14-22-21(25)18-9-8-16(2)17(3)13-18/h5-9,12-13H,10-11,14H2,1-4H3,(H,22,25). The summed E-state index contributed by atoms with van der Waals surface area (Å²) in [5, 5.41) is 2.67. The summed E-state index contributed by atoms with van der Waals surface area (Å²) in [6.07, 6.45) is 0. The molecule has 0 aromatic heterocycles. The Balaban J connectivity index is 1.75. The number of ether oxygens (including phenoxy) is 1. The molecule has 0 aliphatic carbocycles. The number of nitrogens with zero attached hydrogens (tertiary/aromatic N) is 1. The normalized spacial score (nSPS) is 10.3. The number of carbonyl (C=O) groups excluding carboxylic acids is 2. The van der Waals surface area contributed by atoms with Crippen molar-refractivity contribution >= 4 is 11.8 Å². The minimum Gasteiger partial charge on any atom is -0.492 e. The Morgan fingerprint density at radius 2 is 1.81 bits per heavy atom. The zero-order valence-corrected chi connectivity index (χ0v) is 15.8. The van der Waals surface area contributed by atoms with Gasteiger partial charge in [-0.05, 0) is 61.7 Å². The molecule has 0 aliphatic heterocycles. The summed E-state index contributed by atoms with van der Waals surface area (Å²) in [4.78, 5) is 25.9. The summed E-state index contributed by atoms with van der Waals surface area (Å²) in [6, 6.07) is 13.3. The smallest absolute Gasteiger partial charge is 0.251 e. The van der Waals surface area contributed by atoms with Crippen LogP contribution < -0.4 is 10.1 Å². The molecule has 26 heavy (non-hydrogen) atoms. The molecule has 0 saturated heterocycles. The minimum atomic E-state index is -0.245. The van der Waals surface area contributed by atoms with Gasteiger partial charge in [0.25, 0.3) is 5.91 Å². The highest BCUT2D eigenvalue weighted by molar-refractivity contribution is 5.96. The Labute approximate surface area is 155 Å². The van der Waals surface area contributed by atoms with Crippen molar-refractivity contribution < 1.29 is 14.3 Å². The van der Waals surface area contributed by atoms with E-state index in [1.807, 2.05) is 57.2 Å². The Morgan fingerprint density at radius 1 is 1.04 bits per heavy atom. The summed E-state index contributed by atoms with van der Waals surface area (Å²) < 4.78 is 5.65. The molecule has 2 rings (SSSR count). The molecule has 0 aliphatic rings. The van der Waals surface area contributed by atoms with E-state index in [1.54, 1.807) is 18.0 Å². The quantitative estimate of drug-likeness (QED) is 0.832. The van der Waals surface area contributed by atoms with Crippen LogP contribution >= 0.6 is 0 Å². The molecule has 0 saturated carbocycles. The number of benzene rings is 2. The number of nitrogens with one attached hydrogen (secondary N) is 1. The molecule has 5 nitrogen and oxygen atoms in total. The molecule has 0 heterocycles. The van der Waals surface area contributed by atoms with Gasteiger partial charge in [0.1, 0.15) is 12.4 Å². The zero-order valence-electron chi connectivity index (χ0n) is 15.8. The number of carbonyl (C=O) groups is 2. The number of aryl methyl sites for hydroxylation is 3. The molecule has 138 valence electrons. The van der Waals surface area contributed by atoms with Gasteiger partial charge in [0.05, 0.1) is 13.1 Å². The van der Waals surface area contributed by atoms with Gasteiger partial charge in [-0.2, -0.15) is 0 Å². The molecule has 0 radical (unpaired) electrons. The van der Waals surface area contributed by atoms with E-state index in [4.69, 9.17) is 4.74 Å². The first-order valence-corrected chi connectivity index (χ1v) is 8.65. The van der Waals surface area contributed by atoms with Crippen LogP contribution in [0.2, 0.25) is 0 Å². The molecule has 0 unspecified atom stereocenters. The molecule has 5 heteroatoms. The van der Waals surface area contributed by atoms with Crippen LogP contribution in [0, 0.1) is 20.8 Å². The van der Waals surface area contributed by atoms with Crippen LogP contribution in [0.5, 0.6) is 5.75 Å². The Hall–Kier alpha value is -2.82. The number of hydrogen-bond acceptors (Lipinski definition) is 3. The van der Waals surface area contributed by atoms with Crippen LogP contribution in [0.3, 0.4) is 0 Å². The second-order valence-corrected chi connectivity index (χ2v) is 6.46. The Bertz CT molecular complexity index is 787. The number of amides is 2. The molecular formula is C21H26N2O3. The predicted octanol–water partition coefficient (Wildman–Crippen LogP) is 2.88. The molecule has 2 aromatic carbocycles. The third kappa shape index (κ3) is 5.62. The van der Waals surface area contributed by atoms with Crippen LogP contribution in [-0.2, 0) is 4.79 Å². The van der Waals surface area contributed by atoms with Crippen LogP contribution in [0.4, 0.5) is 0 Å². The van der Waals surface area contributed by atoms with Crippen molar-refractivity contribution in [1.82, 2.24) is 10.2 Å². The average molecular weight is 354 g/mol. The van der Waals surface area contributed by atoms with E-state index in [9.17, 15) is 9.59 Å². The predicted molar refractivity (Wildman–Crippen MR) is 103 cm³/mol. The monoisotopic (exact) mass is 354 g/mol. The van der Waals surface area contributed by atoms with Gasteiger partial charge in [0.2, 0.25) is 5.91 Å². The van der Waals surface area contributed by atoms with Crippen molar-refractivity contribution in [3.8, 4) is 5.75 Å². The third-order valence-electron chi connectivity index (χ3n) is 4.28.